The molecule has 25 heavy (non-hydrogen) atoms. The quantitative estimate of drug-likeness (QED) is 0.576. The molecule has 0 amide bonds. The van der Waals surface area contributed by atoms with Gasteiger partial charge in [-0.25, -0.2) is 4.98 Å². The maximum Gasteiger partial charge on any atom is 0.140 e. The lowest BCUT2D eigenvalue weighted by atomic mass is 10.1. The molecule has 4 heteroatoms. The molecular formula is C21H18N2O2. The Labute approximate surface area is 145 Å². The van der Waals surface area contributed by atoms with Crippen LogP contribution < -0.4 is 4.74 Å². The molecule has 0 fully saturated rings. The van der Waals surface area contributed by atoms with E-state index < -0.39 is 6.10 Å². The number of aromatic amines is 1. The van der Waals surface area contributed by atoms with Crippen molar-refractivity contribution in [2.45, 2.75) is 12.7 Å². The molecule has 3 aromatic carbocycles. The number of aliphatic hydroxyl groups is 1. The second kappa shape index (κ2) is 6.79. The fourth-order valence-electron chi connectivity index (χ4n) is 2.75. The van der Waals surface area contributed by atoms with Crippen molar-refractivity contribution in [2.24, 2.45) is 0 Å². The maximum atomic E-state index is 10.6. The zero-order valence-corrected chi connectivity index (χ0v) is 13.6. The van der Waals surface area contributed by atoms with Crippen LogP contribution in [-0.4, -0.2) is 15.1 Å². The summed E-state index contributed by atoms with van der Waals surface area (Å²) in [7, 11) is 0. The fraction of sp³-hybridized carbons (Fsp3) is 0.0952. The second-order valence-corrected chi connectivity index (χ2v) is 5.89. The molecule has 4 nitrogen and oxygen atoms in total. The predicted molar refractivity (Wildman–Crippen MR) is 97.4 cm³/mol. The van der Waals surface area contributed by atoms with Crippen molar-refractivity contribution >= 4 is 11.0 Å². The summed E-state index contributed by atoms with van der Waals surface area (Å²) in [6.45, 7) is 0.520. The Bertz CT molecular complexity index is 929. The highest BCUT2D eigenvalue weighted by Gasteiger charge is 2.14. The number of fused-ring (bicyclic) bond motifs is 1. The van der Waals surface area contributed by atoms with Crippen LogP contribution in [0, 0.1) is 0 Å². The first-order valence-corrected chi connectivity index (χ1v) is 8.19. The molecule has 0 aliphatic heterocycles. The highest BCUT2D eigenvalue weighted by atomic mass is 16.5. The van der Waals surface area contributed by atoms with Gasteiger partial charge in [-0.1, -0.05) is 54.6 Å². The summed E-state index contributed by atoms with van der Waals surface area (Å²) in [6, 6.07) is 25.2. The molecule has 4 aromatic rings. The molecule has 2 N–H and O–H groups in total. The lowest BCUT2D eigenvalue weighted by molar-refractivity contribution is 0.211. The zero-order valence-electron chi connectivity index (χ0n) is 13.6. The topological polar surface area (TPSA) is 58.1 Å². The normalized spacial score (nSPS) is 12.2. The number of aliphatic hydroxyl groups excluding tert-OH is 1. The van der Waals surface area contributed by atoms with Crippen LogP contribution in [0.5, 0.6) is 5.75 Å². The molecule has 0 aliphatic carbocycles. The Morgan fingerprint density at radius 1 is 0.880 bits per heavy atom. The lowest BCUT2D eigenvalue weighted by Crippen LogP contribution is -2.02. The second-order valence-electron chi connectivity index (χ2n) is 5.89. The molecule has 1 unspecified atom stereocenters. The molecule has 0 bridgehead atoms. The molecule has 1 aromatic heterocycles. The van der Waals surface area contributed by atoms with Gasteiger partial charge in [0.15, 0.2) is 0 Å². The molecule has 0 saturated heterocycles. The van der Waals surface area contributed by atoms with Crippen LogP contribution >= 0.6 is 0 Å². The minimum Gasteiger partial charge on any atom is -0.489 e. The van der Waals surface area contributed by atoms with Crippen LogP contribution in [0.2, 0.25) is 0 Å². The number of nitrogens with one attached hydrogen (secondary N) is 1. The molecule has 0 aliphatic rings. The van der Waals surface area contributed by atoms with E-state index in [1.165, 1.54) is 0 Å². The number of aromatic nitrogens is 2. The van der Waals surface area contributed by atoms with E-state index in [1.807, 2.05) is 78.9 Å². The molecule has 124 valence electrons. The van der Waals surface area contributed by atoms with E-state index in [0.717, 1.165) is 27.9 Å². The van der Waals surface area contributed by atoms with Crippen LogP contribution in [0.1, 0.15) is 23.1 Å². The number of nitrogens with zero attached hydrogens (tertiary/aromatic N) is 1. The number of para-hydroxylation sites is 2. The Morgan fingerprint density at radius 3 is 2.36 bits per heavy atom. The van der Waals surface area contributed by atoms with Crippen molar-refractivity contribution in [3.05, 3.63) is 95.8 Å². The van der Waals surface area contributed by atoms with Gasteiger partial charge in [0.05, 0.1) is 11.0 Å². The van der Waals surface area contributed by atoms with Crippen LogP contribution in [0.15, 0.2) is 78.9 Å². The maximum absolute atomic E-state index is 10.6. The highest BCUT2D eigenvalue weighted by molar-refractivity contribution is 5.74. The molecule has 1 atom stereocenters. The third-order valence-corrected chi connectivity index (χ3v) is 4.11. The van der Waals surface area contributed by atoms with Gasteiger partial charge >= 0.3 is 0 Å². The Kier molecular flexibility index (Phi) is 4.19. The number of rotatable bonds is 5. The van der Waals surface area contributed by atoms with Crippen LogP contribution in [0.25, 0.3) is 11.0 Å². The van der Waals surface area contributed by atoms with Gasteiger partial charge in [0.2, 0.25) is 0 Å². The van der Waals surface area contributed by atoms with Gasteiger partial charge in [0.25, 0.3) is 0 Å². The van der Waals surface area contributed by atoms with Crippen LogP contribution in [0.4, 0.5) is 0 Å². The minimum absolute atomic E-state index is 0.520. The van der Waals surface area contributed by atoms with Gasteiger partial charge in [-0.3, -0.25) is 0 Å². The summed E-state index contributed by atoms with van der Waals surface area (Å²) in [4.78, 5) is 7.61. The van der Waals surface area contributed by atoms with E-state index >= 15 is 0 Å². The first-order chi connectivity index (χ1) is 12.3. The Balaban J connectivity index is 1.47. The fourth-order valence-corrected chi connectivity index (χ4v) is 2.75. The number of imidazole rings is 1. The molecule has 4 rings (SSSR count). The number of ether oxygens (including phenoxy) is 1. The monoisotopic (exact) mass is 330 g/mol. The van der Waals surface area contributed by atoms with E-state index in [2.05, 4.69) is 9.97 Å². The van der Waals surface area contributed by atoms with Gasteiger partial charge in [0, 0.05) is 0 Å². The zero-order chi connectivity index (χ0) is 17.1. The third kappa shape index (κ3) is 3.39. The number of hydrogen-bond acceptors (Lipinski definition) is 3. The van der Waals surface area contributed by atoms with E-state index in [4.69, 9.17) is 4.74 Å². The van der Waals surface area contributed by atoms with Crippen molar-refractivity contribution in [1.29, 1.82) is 0 Å². The first kappa shape index (κ1) is 15.4. The SMILES string of the molecule is OC(c1ccc(OCc2ccccc2)cc1)c1nc2ccccc2[nH]1. The van der Waals surface area contributed by atoms with Crippen LogP contribution in [-0.2, 0) is 6.61 Å². The molecular weight excluding hydrogens is 312 g/mol. The first-order valence-electron chi connectivity index (χ1n) is 8.19. The molecule has 1 heterocycles. The Morgan fingerprint density at radius 2 is 1.60 bits per heavy atom. The minimum atomic E-state index is -0.796. The lowest BCUT2D eigenvalue weighted by Gasteiger charge is -2.10. The Hall–Kier alpha value is -3.11. The third-order valence-electron chi connectivity index (χ3n) is 4.11. The number of hydrogen-bond donors (Lipinski definition) is 2. The van der Waals surface area contributed by atoms with E-state index in [1.54, 1.807) is 0 Å². The average molecular weight is 330 g/mol. The summed E-state index contributed by atoms with van der Waals surface area (Å²) < 4.78 is 5.78. The predicted octanol–water partition coefficient (Wildman–Crippen LogP) is 4.22. The summed E-state index contributed by atoms with van der Waals surface area (Å²) in [6.07, 6.45) is -0.796. The van der Waals surface area contributed by atoms with Crippen LogP contribution in [0.3, 0.4) is 0 Å². The van der Waals surface area contributed by atoms with E-state index in [0.29, 0.717) is 12.4 Å². The molecule has 0 radical (unpaired) electrons. The van der Waals surface area contributed by atoms with Crippen molar-refractivity contribution in [3.8, 4) is 5.75 Å². The average Bonchev–Trinajstić information content (AvgIpc) is 3.11. The van der Waals surface area contributed by atoms with Crippen molar-refractivity contribution in [1.82, 2.24) is 9.97 Å². The summed E-state index contributed by atoms with van der Waals surface area (Å²) in [5, 5.41) is 10.6. The van der Waals surface area contributed by atoms with E-state index in [-0.39, 0.29) is 0 Å². The van der Waals surface area contributed by atoms with Crippen molar-refractivity contribution < 1.29 is 9.84 Å². The molecule has 0 spiro atoms. The summed E-state index contributed by atoms with van der Waals surface area (Å²) >= 11 is 0. The smallest absolute Gasteiger partial charge is 0.140 e. The summed E-state index contributed by atoms with van der Waals surface area (Å²) in [5.41, 5.74) is 3.65. The summed E-state index contributed by atoms with van der Waals surface area (Å²) in [5.74, 6) is 1.31. The van der Waals surface area contributed by atoms with Crippen molar-refractivity contribution in [3.63, 3.8) is 0 Å². The highest BCUT2D eigenvalue weighted by Crippen LogP contribution is 2.24. The van der Waals surface area contributed by atoms with Crippen molar-refractivity contribution in [2.75, 3.05) is 0 Å². The van der Waals surface area contributed by atoms with Gasteiger partial charge in [-0.05, 0) is 35.4 Å². The number of H-pyrrole nitrogens is 1. The van der Waals surface area contributed by atoms with Gasteiger partial charge < -0.3 is 14.8 Å². The standard InChI is InChI=1S/C21H18N2O2/c24-20(21-22-18-8-4-5-9-19(18)23-21)16-10-12-17(13-11-16)25-14-15-6-2-1-3-7-15/h1-13,20,24H,14H2,(H,22,23). The van der Waals surface area contributed by atoms with E-state index in [9.17, 15) is 5.11 Å². The van der Waals surface area contributed by atoms with Gasteiger partial charge in [-0.15, -0.1) is 0 Å². The molecule has 0 saturated carbocycles. The van der Waals surface area contributed by atoms with Gasteiger partial charge in [-0.2, -0.15) is 0 Å². The van der Waals surface area contributed by atoms with Gasteiger partial charge in [0.1, 0.15) is 24.3 Å². The number of benzene rings is 3. The largest absolute Gasteiger partial charge is 0.489 e.